The predicted octanol–water partition coefficient (Wildman–Crippen LogP) is 2.20. The first kappa shape index (κ1) is 9.80. The Bertz CT molecular complexity index is 167. The van der Waals surface area contributed by atoms with Gasteiger partial charge in [0, 0.05) is 0 Å². The summed E-state index contributed by atoms with van der Waals surface area (Å²) in [5, 5.41) is 0. The van der Waals surface area contributed by atoms with Crippen molar-refractivity contribution < 1.29 is 18.3 Å². The number of rotatable bonds is 0. The molecule has 0 amide bonds. The fourth-order valence-electron chi connectivity index (χ4n) is 0.498. The van der Waals surface area contributed by atoms with Gasteiger partial charge < -0.3 is 0 Å². The van der Waals surface area contributed by atoms with E-state index in [2.05, 4.69) is 34.1 Å². The molecule has 1 aromatic rings. The molecule has 0 aliphatic rings. The van der Waals surface area contributed by atoms with E-state index in [1.54, 1.807) is 0 Å². The Morgan fingerprint density at radius 3 is 2.11 bits per heavy atom. The summed E-state index contributed by atoms with van der Waals surface area (Å²) in [7, 11) is 0. The van der Waals surface area contributed by atoms with Crippen LogP contribution in [0.3, 0.4) is 0 Å². The standard InChI is InChI=1S/C6H4Br.BrH.Zn/c7-6-4-2-1-3-5-6;;/h1-4H;1H;. The van der Waals surface area contributed by atoms with E-state index in [0.29, 0.717) is 0 Å². The van der Waals surface area contributed by atoms with Crippen LogP contribution in [0.1, 0.15) is 0 Å². The normalized spacial score (nSPS) is 8.33. The van der Waals surface area contributed by atoms with E-state index in [0.717, 1.165) is 0 Å². The summed E-state index contributed by atoms with van der Waals surface area (Å²) < 4.78 is 2.65. The van der Waals surface area contributed by atoms with E-state index < -0.39 is 0 Å². The second kappa shape index (κ2) is 4.59. The molecule has 0 bridgehead atoms. The molecule has 0 aliphatic heterocycles. The van der Waals surface area contributed by atoms with Gasteiger partial charge in [0.1, 0.15) is 0 Å². The van der Waals surface area contributed by atoms with Gasteiger partial charge in [0.05, 0.1) is 0 Å². The molecular formula is C6H5Br2Zn. The summed E-state index contributed by atoms with van der Waals surface area (Å²) >= 11 is 4.65. The minimum atomic E-state index is 0. The van der Waals surface area contributed by atoms with E-state index in [1.807, 2.05) is 6.07 Å². The van der Waals surface area contributed by atoms with Crippen molar-refractivity contribution in [2.45, 2.75) is 0 Å². The molecule has 0 unspecified atom stereocenters. The van der Waals surface area contributed by atoms with Gasteiger partial charge in [0.15, 0.2) is 0 Å². The summed E-state index contributed by atoms with van der Waals surface area (Å²) in [6.07, 6.45) is 0. The molecule has 0 radical (unpaired) electrons. The summed E-state index contributed by atoms with van der Waals surface area (Å²) in [5.41, 5.74) is 0. The molecule has 0 fully saturated rings. The molecule has 1 rings (SSSR count). The number of hydrogen-bond acceptors (Lipinski definition) is 0. The van der Waals surface area contributed by atoms with E-state index >= 15 is 0 Å². The number of halogens is 2. The van der Waals surface area contributed by atoms with Crippen molar-refractivity contribution in [2.75, 3.05) is 0 Å². The van der Waals surface area contributed by atoms with E-state index in [1.165, 1.54) is 26.9 Å². The van der Waals surface area contributed by atoms with E-state index in [4.69, 9.17) is 0 Å². The molecule has 0 saturated carbocycles. The van der Waals surface area contributed by atoms with Gasteiger partial charge in [0.25, 0.3) is 0 Å². The molecule has 9 heavy (non-hydrogen) atoms. The Labute approximate surface area is 83.6 Å². The SMILES string of the molecule is Br.[Zn][c]1ccccc1Br. The topological polar surface area (TPSA) is 0 Å². The number of benzene rings is 1. The van der Waals surface area contributed by atoms with Gasteiger partial charge in [-0.15, -0.1) is 17.0 Å². The zero-order chi connectivity index (χ0) is 5.98. The third-order valence-electron chi connectivity index (χ3n) is 0.958. The van der Waals surface area contributed by atoms with Crippen LogP contribution in [0.15, 0.2) is 28.7 Å². The van der Waals surface area contributed by atoms with Crippen LogP contribution in [0.2, 0.25) is 0 Å². The van der Waals surface area contributed by atoms with Crippen molar-refractivity contribution in [1.29, 1.82) is 0 Å². The summed E-state index contributed by atoms with van der Waals surface area (Å²) in [4.78, 5) is 0. The Morgan fingerprint density at radius 1 is 1.22 bits per heavy atom. The molecule has 3 heteroatoms. The first-order valence-corrected chi connectivity index (χ1v) is 4.65. The van der Waals surface area contributed by atoms with Gasteiger partial charge in [-0.1, -0.05) is 0 Å². The van der Waals surface area contributed by atoms with Crippen LogP contribution in [0.4, 0.5) is 0 Å². The Balaban J connectivity index is 0.000000640. The quantitative estimate of drug-likeness (QED) is 0.645. The predicted molar refractivity (Wildman–Crippen MR) is 44.1 cm³/mol. The van der Waals surface area contributed by atoms with Crippen LogP contribution in [0.5, 0.6) is 0 Å². The molecule has 0 aliphatic carbocycles. The third-order valence-corrected chi connectivity index (χ3v) is 4.11. The van der Waals surface area contributed by atoms with E-state index in [9.17, 15) is 0 Å². The fourth-order valence-corrected chi connectivity index (χ4v) is 1.32. The Hall–Kier alpha value is 0.803. The van der Waals surface area contributed by atoms with Crippen molar-refractivity contribution in [3.8, 4) is 0 Å². The molecule has 0 N–H and O–H groups in total. The Kier molecular flexibility index (Phi) is 5.00. The monoisotopic (exact) mass is 299 g/mol. The summed E-state index contributed by atoms with van der Waals surface area (Å²) in [5.74, 6) is 0. The number of hydrogen-bond donors (Lipinski definition) is 0. The fraction of sp³-hybridized carbons (Fsp3) is 0. The van der Waals surface area contributed by atoms with Gasteiger partial charge in [0.2, 0.25) is 0 Å². The maximum atomic E-state index is 3.43. The van der Waals surface area contributed by atoms with Crippen LogP contribution in [-0.2, 0) is 18.3 Å². The van der Waals surface area contributed by atoms with E-state index in [-0.39, 0.29) is 17.0 Å². The average Bonchev–Trinajstić information content (AvgIpc) is 1.77. The first-order chi connectivity index (χ1) is 3.80. The van der Waals surface area contributed by atoms with Gasteiger partial charge in [-0.25, -0.2) is 0 Å². The minimum absolute atomic E-state index is 0. The Morgan fingerprint density at radius 2 is 1.78 bits per heavy atom. The molecule has 45 valence electrons. The molecule has 0 atom stereocenters. The molecule has 0 nitrogen and oxygen atoms in total. The van der Waals surface area contributed by atoms with Gasteiger partial charge in [-0.2, -0.15) is 0 Å². The molecule has 0 saturated heterocycles. The van der Waals surface area contributed by atoms with Crippen molar-refractivity contribution in [3.05, 3.63) is 28.7 Å². The van der Waals surface area contributed by atoms with Crippen LogP contribution < -0.4 is 4.16 Å². The van der Waals surface area contributed by atoms with Crippen LogP contribution >= 0.6 is 32.9 Å². The van der Waals surface area contributed by atoms with Crippen LogP contribution in [0.25, 0.3) is 0 Å². The molecule has 1 aromatic carbocycles. The first-order valence-electron chi connectivity index (χ1n) is 2.37. The molecule has 0 spiro atoms. The average molecular weight is 302 g/mol. The summed E-state index contributed by atoms with van der Waals surface area (Å²) in [6.45, 7) is 0. The maximum absolute atomic E-state index is 3.43. The third kappa shape index (κ3) is 2.92. The van der Waals surface area contributed by atoms with Crippen LogP contribution in [0, 0.1) is 0 Å². The molecule has 0 aromatic heterocycles. The molecular weight excluding hydrogens is 297 g/mol. The second-order valence-corrected chi connectivity index (χ2v) is 4.04. The van der Waals surface area contributed by atoms with Crippen molar-refractivity contribution >= 4 is 37.1 Å². The van der Waals surface area contributed by atoms with Crippen molar-refractivity contribution in [1.82, 2.24) is 0 Å². The zero-order valence-electron chi connectivity index (χ0n) is 4.80. The van der Waals surface area contributed by atoms with Crippen molar-refractivity contribution in [2.24, 2.45) is 0 Å². The van der Waals surface area contributed by atoms with Gasteiger partial charge in [-0.3, -0.25) is 0 Å². The van der Waals surface area contributed by atoms with Gasteiger partial charge >= 0.3 is 67.1 Å². The van der Waals surface area contributed by atoms with Crippen LogP contribution in [-0.4, -0.2) is 0 Å². The summed E-state index contributed by atoms with van der Waals surface area (Å²) in [6, 6.07) is 8.29. The molecule has 0 heterocycles. The zero-order valence-corrected chi connectivity index (χ0v) is 11.1. The van der Waals surface area contributed by atoms with Gasteiger partial charge in [-0.05, 0) is 0 Å². The second-order valence-electron chi connectivity index (χ2n) is 1.59. The van der Waals surface area contributed by atoms with Crippen molar-refractivity contribution in [3.63, 3.8) is 0 Å².